The Morgan fingerprint density at radius 2 is 1.90 bits per heavy atom. The largest absolute Gasteiger partial charge is 0.490 e. The molecule has 0 aliphatic carbocycles. The molecule has 0 radical (unpaired) electrons. The predicted molar refractivity (Wildman–Crippen MR) is 117 cm³/mol. The van der Waals surface area contributed by atoms with Crippen molar-refractivity contribution in [3.63, 3.8) is 0 Å². The molecule has 1 aromatic heterocycles. The van der Waals surface area contributed by atoms with E-state index in [1.807, 2.05) is 18.2 Å². The molecule has 0 bridgehead atoms. The van der Waals surface area contributed by atoms with Crippen LogP contribution in [0.15, 0.2) is 56.9 Å². The molecule has 0 aliphatic heterocycles. The maximum atomic E-state index is 12.6. The molecule has 0 saturated carbocycles. The first-order valence-electron chi connectivity index (χ1n) is 9.42. The molecule has 0 atom stereocenters. The second kappa shape index (κ2) is 9.96. The number of rotatable bonds is 7. The lowest BCUT2D eigenvalue weighted by molar-refractivity contribution is -0.137. The Balaban J connectivity index is 1.87. The van der Waals surface area contributed by atoms with Crippen molar-refractivity contribution < 1.29 is 28.2 Å². The Morgan fingerprint density at radius 1 is 1.10 bits per heavy atom. The molecule has 8 heteroatoms. The van der Waals surface area contributed by atoms with E-state index in [2.05, 4.69) is 15.9 Å². The number of nitrogens with zero attached hydrogens (tertiary/aromatic N) is 1. The van der Waals surface area contributed by atoms with Crippen molar-refractivity contribution in [2.75, 3.05) is 13.2 Å². The molecule has 0 unspecified atom stereocenters. The van der Waals surface area contributed by atoms with Gasteiger partial charge in [-0.3, -0.25) is 0 Å². The number of halogens is 1. The number of carbonyl (C=O) groups is 2. The summed E-state index contributed by atoms with van der Waals surface area (Å²) in [6.45, 7) is 3.92. The fraction of sp³-hybridized carbons (Fsp3) is 0.174. The van der Waals surface area contributed by atoms with E-state index in [0.29, 0.717) is 17.8 Å². The zero-order chi connectivity index (χ0) is 22.4. The smallest absolute Gasteiger partial charge is 0.379 e. The summed E-state index contributed by atoms with van der Waals surface area (Å²) >= 11 is 3.38. The number of hydrogen-bond acceptors (Lipinski definition) is 7. The van der Waals surface area contributed by atoms with Crippen molar-refractivity contribution in [2.45, 2.75) is 13.8 Å². The minimum absolute atomic E-state index is 0.0496. The standard InChI is InChI=1S/C23H18BrNO6/c1-3-28-20-10-14(9-16(13-25)22(26)29-4-2)5-7-19(20)31-23(27)21-12-15-11-17(24)6-8-18(15)30-21/h5-12H,3-4H2,1-2H3/b16-9+. The van der Waals surface area contributed by atoms with Gasteiger partial charge in [0.05, 0.1) is 13.2 Å². The van der Waals surface area contributed by atoms with E-state index in [4.69, 9.17) is 18.6 Å². The number of hydrogen-bond donors (Lipinski definition) is 0. The summed E-state index contributed by atoms with van der Waals surface area (Å²) in [4.78, 5) is 24.4. The van der Waals surface area contributed by atoms with Crippen LogP contribution in [0.25, 0.3) is 17.0 Å². The minimum Gasteiger partial charge on any atom is -0.490 e. The number of esters is 2. The van der Waals surface area contributed by atoms with Crippen molar-refractivity contribution in [2.24, 2.45) is 0 Å². The zero-order valence-corrected chi connectivity index (χ0v) is 18.4. The maximum Gasteiger partial charge on any atom is 0.379 e. The molecule has 158 valence electrons. The molecule has 1 heterocycles. The van der Waals surface area contributed by atoms with Crippen LogP contribution in [0, 0.1) is 11.3 Å². The Labute approximate surface area is 186 Å². The molecule has 0 saturated heterocycles. The summed E-state index contributed by atoms with van der Waals surface area (Å²) in [5.41, 5.74) is 0.924. The van der Waals surface area contributed by atoms with Gasteiger partial charge in [-0.2, -0.15) is 5.26 Å². The Kier molecular flexibility index (Phi) is 7.11. The molecule has 31 heavy (non-hydrogen) atoms. The van der Waals surface area contributed by atoms with Crippen LogP contribution < -0.4 is 9.47 Å². The number of fused-ring (bicyclic) bond motifs is 1. The Bertz CT molecular complexity index is 1200. The second-order valence-corrected chi connectivity index (χ2v) is 7.13. The molecule has 0 amide bonds. The van der Waals surface area contributed by atoms with Gasteiger partial charge in [0.1, 0.15) is 17.2 Å². The molecule has 0 spiro atoms. The summed E-state index contributed by atoms with van der Waals surface area (Å²) in [5.74, 6) is -0.880. The van der Waals surface area contributed by atoms with Gasteiger partial charge in [0.25, 0.3) is 0 Å². The van der Waals surface area contributed by atoms with Crippen molar-refractivity contribution in [3.8, 4) is 17.6 Å². The van der Waals surface area contributed by atoms with Gasteiger partial charge in [-0.15, -0.1) is 0 Å². The van der Waals surface area contributed by atoms with Crippen molar-refractivity contribution in [3.05, 3.63) is 63.8 Å². The van der Waals surface area contributed by atoms with Crippen molar-refractivity contribution >= 4 is 44.9 Å². The molecular formula is C23H18BrNO6. The number of carbonyl (C=O) groups excluding carboxylic acids is 2. The molecule has 0 aliphatic rings. The highest BCUT2D eigenvalue weighted by Crippen LogP contribution is 2.31. The first-order valence-corrected chi connectivity index (χ1v) is 10.2. The van der Waals surface area contributed by atoms with Gasteiger partial charge < -0.3 is 18.6 Å². The summed E-state index contributed by atoms with van der Waals surface area (Å²) < 4.78 is 22.3. The van der Waals surface area contributed by atoms with Crippen LogP contribution in [-0.4, -0.2) is 25.2 Å². The number of nitriles is 1. The average molecular weight is 484 g/mol. The quantitative estimate of drug-likeness (QED) is 0.195. The van der Waals surface area contributed by atoms with E-state index < -0.39 is 11.9 Å². The molecule has 3 aromatic rings. The highest BCUT2D eigenvalue weighted by molar-refractivity contribution is 9.10. The highest BCUT2D eigenvalue weighted by Gasteiger charge is 2.18. The lowest BCUT2D eigenvalue weighted by Crippen LogP contribution is -2.09. The molecule has 3 rings (SSSR count). The average Bonchev–Trinajstić information content (AvgIpc) is 3.17. The van der Waals surface area contributed by atoms with E-state index in [0.717, 1.165) is 9.86 Å². The Hall–Kier alpha value is -3.57. The molecule has 7 nitrogen and oxygen atoms in total. The number of benzene rings is 2. The summed E-state index contributed by atoms with van der Waals surface area (Å²) in [5, 5.41) is 9.96. The van der Waals surface area contributed by atoms with E-state index >= 15 is 0 Å². The van der Waals surface area contributed by atoms with Gasteiger partial charge in [-0.05, 0) is 61.9 Å². The molecule has 2 aromatic carbocycles. The van der Waals surface area contributed by atoms with Crippen LogP contribution in [-0.2, 0) is 9.53 Å². The predicted octanol–water partition coefficient (Wildman–Crippen LogP) is 5.28. The molecule has 0 N–H and O–H groups in total. The van der Waals surface area contributed by atoms with Gasteiger partial charge in [-0.1, -0.05) is 22.0 Å². The number of ether oxygens (including phenoxy) is 3. The third-order valence-corrected chi connectivity index (χ3v) is 4.57. The van der Waals surface area contributed by atoms with Gasteiger partial charge in [0.15, 0.2) is 11.5 Å². The van der Waals surface area contributed by atoms with Gasteiger partial charge >= 0.3 is 11.9 Å². The van der Waals surface area contributed by atoms with E-state index in [9.17, 15) is 14.9 Å². The topological polar surface area (TPSA) is 98.8 Å². The maximum absolute atomic E-state index is 12.6. The fourth-order valence-corrected chi connectivity index (χ4v) is 3.12. The zero-order valence-electron chi connectivity index (χ0n) is 16.8. The SMILES string of the molecule is CCOC(=O)/C(C#N)=C/c1ccc(OC(=O)c2cc3cc(Br)ccc3o2)c(OCC)c1. The first kappa shape index (κ1) is 22.1. The van der Waals surface area contributed by atoms with E-state index in [1.165, 1.54) is 12.1 Å². The monoisotopic (exact) mass is 483 g/mol. The summed E-state index contributed by atoms with van der Waals surface area (Å²) in [6.07, 6.45) is 1.38. The van der Waals surface area contributed by atoms with Crippen molar-refractivity contribution in [1.29, 1.82) is 5.26 Å². The van der Waals surface area contributed by atoms with Gasteiger partial charge in [0, 0.05) is 9.86 Å². The van der Waals surface area contributed by atoms with Gasteiger partial charge in [-0.25, -0.2) is 9.59 Å². The second-order valence-electron chi connectivity index (χ2n) is 6.21. The Morgan fingerprint density at radius 3 is 2.61 bits per heavy atom. The lowest BCUT2D eigenvalue weighted by atomic mass is 10.1. The van der Waals surface area contributed by atoms with Crippen LogP contribution in [0.1, 0.15) is 30.0 Å². The third-order valence-electron chi connectivity index (χ3n) is 4.08. The molecular weight excluding hydrogens is 466 g/mol. The fourth-order valence-electron chi connectivity index (χ4n) is 2.74. The summed E-state index contributed by atoms with van der Waals surface area (Å²) in [7, 11) is 0. The van der Waals surface area contributed by atoms with Crippen LogP contribution in [0.2, 0.25) is 0 Å². The molecule has 0 fully saturated rings. The summed E-state index contributed by atoms with van der Waals surface area (Å²) in [6, 6.07) is 13.5. The first-order chi connectivity index (χ1) is 14.9. The van der Waals surface area contributed by atoms with E-state index in [-0.39, 0.29) is 29.4 Å². The van der Waals surface area contributed by atoms with Crippen LogP contribution >= 0.6 is 15.9 Å². The minimum atomic E-state index is -0.713. The van der Waals surface area contributed by atoms with Gasteiger partial charge in [0.2, 0.25) is 5.76 Å². The van der Waals surface area contributed by atoms with Crippen molar-refractivity contribution in [1.82, 2.24) is 0 Å². The normalized spacial score (nSPS) is 11.1. The third kappa shape index (κ3) is 5.32. The van der Waals surface area contributed by atoms with E-state index in [1.54, 1.807) is 38.1 Å². The number of furan rings is 1. The lowest BCUT2D eigenvalue weighted by Gasteiger charge is -2.11. The highest BCUT2D eigenvalue weighted by atomic mass is 79.9. The van der Waals surface area contributed by atoms with Crippen LogP contribution in [0.4, 0.5) is 0 Å². The van der Waals surface area contributed by atoms with Crippen LogP contribution in [0.3, 0.4) is 0 Å². The van der Waals surface area contributed by atoms with Crippen LogP contribution in [0.5, 0.6) is 11.5 Å².